The SMILES string of the molecule is NC(=O)c1ccc(N2CCN(C3CCN(Cc4ccc5c(c4F)CN(C4CCC(=O)NC4=O)C5=O)CC3)CC2)nc1-c1ccc(Oc2ccccc2)cc1. The van der Waals surface area contributed by atoms with Gasteiger partial charge in [-0.15, -0.1) is 0 Å². The van der Waals surface area contributed by atoms with Crippen LogP contribution in [0.3, 0.4) is 0 Å². The molecular formula is C41H42FN7O5. The van der Waals surface area contributed by atoms with Crippen molar-refractivity contribution >= 4 is 29.4 Å². The fourth-order valence-electron chi connectivity index (χ4n) is 8.12. The summed E-state index contributed by atoms with van der Waals surface area (Å²) in [6.07, 6.45) is 2.33. The molecule has 0 radical (unpaired) electrons. The lowest BCUT2D eigenvalue weighted by molar-refractivity contribution is -0.136. The number of halogens is 1. The Morgan fingerprint density at radius 2 is 1.57 bits per heavy atom. The number of piperidine rings is 2. The van der Waals surface area contributed by atoms with Crippen molar-refractivity contribution in [1.82, 2.24) is 25.0 Å². The van der Waals surface area contributed by atoms with E-state index in [0.717, 1.165) is 69.2 Å². The van der Waals surface area contributed by atoms with Crippen LogP contribution in [0, 0.1) is 5.82 Å². The lowest BCUT2D eigenvalue weighted by Gasteiger charge is -2.43. The maximum atomic E-state index is 15.8. The summed E-state index contributed by atoms with van der Waals surface area (Å²) in [5.41, 5.74) is 8.60. The number of hydrogen-bond donors (Lipinski definition) is 2. The molecule has 54 heavy (non-hydrogen) atoms. The van der Waals surface area contributed by atoms with Crippen LogP contribution >= 0.6 is 0 Å². The molecule has 13 heteroatoms. The molecule has 1 aromatic heterocycles. The summed E-state index contributed by atoms with van der Waals surface area (Å²) >= 11 is 0. The number of para-hydroxylation sites is 1. The second kappa shape index (κ2) is 15.0. The first-order valence-corrected chi connectivity index (χ1v) is 18.5. The average Bonchev–Trinajstić information content (AvgIpc) is 3.53. The number of pyridine rings is 1. The summed E-state index contributed by atoms with van der Waals surface area (Å²) in [5, 5.41) is 2.29. The molecule has 4 aromatic rings. The number of fused-ring (bicyclic) bond motifs is 1. The van der Waals surface area contributed by atoms with Gasteiger partial charge in [-0.2, -0.15) is 0 Å². The van der Waals surface area contributed by atoms with Gasteiger partial charge in [0.2, 0.25) is 11.8 Å². The van der Waals surface area contributed by atoms with E-state index >= 15 is 4.39 Å². The number of primary amides is 1. The first-order valence-electron chi connectivity index (χ1n) is 18.5. The molecule has 12 nitrogen and oxygen atoms in total. The molecule has 278 valence electrons. The van der Waals surface area contributed by atoms with E-state index in [0.29, 0.717) is 40.7 Å². The molecule has 0 saturated carbocycles. The highest BCUT2D eigenvalue weighted by molar-refractivity contribution is 6.05. The van der Waals surface area contributed by atoms with Gasteiger partial charge in [0, 0.05) is 67.4 Å². The molecule has 5 heterocycles. The number of benzene rings is 3. The Morgan fingerprint density at radius 1 is 0.852 bits per heavy atom. The third kappa shape index (κ3) is 7.16. The average molecular weight is 732 g/mol. The number of carbonyl (C=O) groups is 4. The summed E-state index contributed by atoms with van der Waals surface area (Å²) in [7, 11) is 0. The molecule has 4 aliphatic rings. The van der Waals surface area contributed by atoms with E-state index in [4.69, 9.17) is 15.5 Å². The first-order chi connectivity index (χ1) is 26.2. The minimum Gasteiger partial charge on any atom is -0.457 e. The highest BCUT2D eigenvalue weighted by Crippen LogP contribution is 2.33. The number of imide groups is 1. The number of rotatable bonds is 9. The molecule has 4 amide bonds. The molecule has 3 fully saturated rings. The number of nitrogens with zero attached hydrogens (tertiary/aromatic N) is 5. The van der Waals surface area contributed by atoms with Crippen LogP contribution in [0.1, 0.15) is 57.5 Å². The van der Waals surface area contributed by atoms with E-state index in [2.05, 4.69) is 20.0 Å². The first kappa shape index (κ1) is 35.4. The Balaban J connectivity index is 0.854. The van der Waals surface area contributed by atoms with Crippen LogP contribution in [-0.4, -0.2) is 94.7 Å². The highest BCUT2D eigenvalue weighted by atomic mass is 19.1. The zero-order valence-corrected chi connectivity index (χ0v) is 29.9. The van der Waals surface area contributed by atoms with Crippen LogP contribution in [0.2, 0.25) is 0 Å². The maximum Gasteiger partial charge on any atom is 0.255 e. The molecule has 0 aliphatic carbocycles. The summed E-state index contributed by atoms with van der Waals surface area (Å²) in [6.45, 7) is 5.48. The number of likely N-dealkylation sites (tertiary alicyclic amines) is 1. The zero-order valence-electron chi connectivity index (χ0n) is 29.9. The standard InChI is InChI=1S/C41H42FN7O5/c42-37-27(8-11-31-33(37)25-49(41(31)53)34-13-15-36(50)45-40(34)52)24-46-18-16-28(17-19-46)47-20-22-48(23-21-47)35-14-12-32(39(43)51)38(44-35)26-6-9-30(10-7-26)54-29-4-2-1-3-5-29/h1-12,14,28,34H,13,15-25H2,(H2,43,51)(H,45,50,52). The van der Waals surface area contributed by atoms with Gasteiger partial charge in [-0.3, -0.25) is 34.3 Å². The monoisotopic (exact) mass is 731 g/mol. The summed E-state index contributed by atoms with van der Waals surface area (Å²) in [6, 6.07) is 23.7. The van der Waals surface area contributed by atoms with Crippen LogP contribution in [0.15, 0.2) is 78.9 Å². The third-order valence-electron chi connectivity index (χ3n) is 11.1. The number of nitrogens with one attached hydrogen (secondary N) is 1. The maximum absolute atomic E-state index is 15.8. The van der Waals surface area contributed by atoms with E-state index in [1.54, 1.807) is 18.2 Å². The van der Waals surface area contributed by atoms with Gasteiger partial charge in [0.1, 0.15) is 29.2 Å². The van der Waals surface area contributed by atoms with Crippen LogP contribution in [0.5, 0.6) is 11.5 Å². The third-order valence-corrected chi connectivity index (χ3v) is 11.1. The van der Waals surface area contributed by atoms with E-state index in [1.807, 2.05) is 60.7 Å². The Kier molecular flexibility index (Phi) is 9.82. The fourth-order valence-corrected chi connectivity index (χ4v) is 8.12. The summed E-state index contributed by atoms with van der Waals surface area (Å²) < 4.78 is 21.7. The van der Waals surface area contributed by atoms with Crippen LogP contribution in [-0.2, 0) is 22.7 Å². The Hall–Kier alpha value is -5.66. The highest BCUT2D eigenvalue weighted by Gasteiger charge is 2.40. The second-order valence-corrected chi connectivity index (χ2v) is 14.4. The summed E-state index contributed by atoms with van der Waals surface area (Å²) in [5.74, 6) is 0.0668. The van der Waals surface area contributed by atoms with Gasteiger partial charge in [-0.1, -0.05) is 24.3 Å². The molecular weight excluding hydrogens is 689 g/mol. The zero-order chi connectivity index (χ0) is 37.3. The van der Waals surface area contributed by atoms with E-state index in [-0.39, 0.29) is 42.6 Å². The smallest absolute Gasteiger partial charge is 0.255 e. The van der Waals surface area contributed by atoms with Gasteiger partial charge in [0.15, 0.2) is 0 Å². The van der Waals surface area contributed by atoms with E-state index in [9.17, 15) is 19.2 Å². The predicted molar refractivity (Wildman–Crippen MR) is 199 cm³/mol. The van der Waals surface area contributed by atoms with Crippen molar-refractivity contribution in [2.45, 2.75) is 50.9 Å². The van der Waals surface area contributed by atoms with Gasteiger partial charge in [-0.25, -0.2) is 9.37 Å². The van der Waals surface area contributed by atoms with Crippen LogP contribution in [0.4, 0.5) is 10.2 Å². The molecule has 8 rings (SSSR count). The van der Waals surface area contributed by atoms with Crippen molar-refractivity contribution < 1.29 is 28.3 Å². The number of nitrogens with two attached hydrogens (primary N) is 1. The van der Waals surface area contributed by atoms with Crippen molar-refractivity contribution in [3.8, 4) is 22.8 Å². The molecule has 4 aliphatic heterocycles. The number of anilines is 1. The molecule has 0 bridgehead atoms. The molecule has 3 aromatic carbocycles. The van der Waals surface area contributed by atoms with Gasteiger partial charge in [-0.05, 0) is 86.9 Å². The number of hydrogen-bond acceptors (Lipinski definition) is 9. The van der Waals surface area contributed by atoms with Crippen molar-refractivity contribution in [2.75, 3.05) is 44.2 Å². The second-order valence-electron chi connectivity index (χ2n) is 14.4. The number of piperazine rings is 1. The quantitative estimate of drug-likeness (QED) is 0.241. The van der Waals surface area contributed by atoms with E-state index in [1.165, 1.54) is 4.90 Å². The molecule has 1 atom stereocenters. The van der Waals surface area contributed by atoms with Crippen LogP contribution < -0.4 is 20.7 Å². The number of amides is 4. The number of aromatic nitrogens is 1. The Labute approximate surface area is 312 Å². The number of ether oxygens (including phenoxy) is 1. The van der Waals surface area contributed by atoms with Crippen molar-refractivity contribution in [1.29, 1.82) is 0 Å². The minimum atomic E-state index is -0.771. The largest absolute Gasteiger partial charge is 0.457 e. The van der Waals surface area contributed by atoms with Crippen LogP contribution in [0.25, 0.3) is 11.3 Å². The topological polar surface area (TPSA) is 141 Å². The lowest BCUT2D eigenvalue weighted by Crippen LogP contribution is -2.53. The lowest BCUT2D eigenvalue weighted by atomic mass is 10.00. The normalized spacial score (nSPS) is 19.9. The number of carbonyl (C=O) groups excluding carboxylic acids is 4. The predicted octanol–water partition coefficient (Wildman–Crippen LogP) is 4.33. The van der Waals surface area contributed by atoms with E-state index < -0.39 is 17.9 Å². The summed E-state index contributed by atoms with van der Waals surface area (Å²) in [4.78, 5) is 62.8. The molecule has 3 saturated heterocycles. The van der Waals surface area contributed by atoms with Gasteiger partial charge in [0.05, 0.1) is 17.8 Å². The molecule has 0 spiro atoms. The fraction of sp³-hybridized carbons (Fsp3) is 0.341. The van der Waals surface area contributed by atoms with Crippen molar-refractivity contribution in [2.24, 2.45) is 5.73 Å². The Bertz CT molecular complexity index is 2080. The van der Waals surface area contributed by atoms with Gasteiger partial charge >= 0.3 is 0 Å². The molecule has 3 N–H and O–H groups in total. The van der Waals surface area contributed by atoms with Crippen molar-refractivity contribution in [3.05, 3.63) is 107 Å². The van der Waals surface area contributed by atoms with Gasteiger partial charge < -0.3 is 20.3 Å². The minimum absolute atomic E-state index is 0.0258. The molecule has 1 unspecified atom stereocenters. The van der Waals surface area contributed by atoms with Crippen molar-refractivity contribution in [3.63, 3.8) is 0 Å². The van der Waals surface area contributed by atoms with Gasteiger partial charge in [0.25, 0.3) is 11.8 Å². The Morgan fingerprint density at radius 3 is 2.28 bits per heavy atom.